The molecule has 0 aromatic heterocycles. The fraction of sp³-hybridized carbons (Fsp3) is 0.733. The lowest BCUT2D eigenvalue weighted by Gasteiger charge is -2.48. The SMILES string of the molecule is CC(=O)O.CC(=O)O.CC1C(OC(=O)C#N)CCN(C)C1(C)C. The third kappa shape index (κ3) is 10.3. The lowest BCUT2D eigenvalue weighted by molar-refractivity contribution is -0.152. The van der Waals surface area contributed by atoms with Gasteiger partial charge in [0.1, 0.15) is 6.10 Å². The number of carboxylic acid groups (broad SMARTS) is 2. The lowest BCUT2D eigenvalue weighted by atomic mass is 9.79. The molecule has 8 heteroatoms. The van der Waals surface area contributed by atoms with Crippen molar-refractivity contribution in [3.63, 3.8) is 0 Å². The average molecular weight is 330 g/mol. The molecule has 0 amide bonds. The third-order valence-electron chi connectivity index (χ3n) is 3.75. The second-order valence-corrected chi connectivity index (χ2v) is 5.75. The Bertz CT molecular complexity index is 435. The molecule has 1 aliphatic heterocycles. The number of likely N-dealkylation sites (tertiary alicyclic amines) is 1. The van der Waals surface area contributed by atoms with Gasteiger partial charge < -0.3 is 19.8 Å². The van der Waals surface area contributed by atoms with Gasteiger partial charge in [-0.3, -0.25) is 9.59 Å². The highest BCUT2D eigenvalue weighted by Crippen LogP contribution is 2.33. The summed E-state index contributed by atoms with van der Waals surface area (Å²) in [4.78, 5) is 31.2. The topological polar surface area (TPSA) is 128 Å². The number of piperidine rings is 1. The Balaban J connectivity index is 0. The first-order valence-corrected chi connectivity index (χ1v) is 7.07. The monoisotopic (exact) mass is 330 g/mol. The van der Waals surface area contributed by atoms with E-state index in [1.165, 1.54) is 6.07 Å². The molecule has 2 N–H and O–H groups in total. The summed E-state index contributed by atoms with van der Waals surface area (Å²) in [5, 5.41) is 23.2. The van der Waals surface area contributed by atoms with Crippen LogP contribution in [0.2, 0.25) is 0 Å². The molecular formula is C15H26N2O6. The predicted octanol–water partition coefficient (Wildman–Crippen LogP) is 1.35. The van der Waals surface area contributed by atoms with Gasteiger partial charge in [0.05, 0.1) is 0 Å². The van der Waals surface area contributed by atoms with E-state index in [9.17, 15) is 4.79 Å². The van der Waals surface area contributed by atoms with E-state index in [-0.39, 0.29) is 17.6 Å². The first-order valence-electron chi connectivity index (χ1n) is 7.07. The number of carbonyl (C=O) groups excluding carboxylic acids is 1. The van der Waals surface area contributed by atoms with Crippen LogP contribution in [0.15, 0.2) is 0 Å². The second kappa shape index (κ2) is 10.6. The summed E-state index contributed by atoms with van der Waals surface area (Å²) in [6.07, 6.45) is 0.664. The maximum Gasteiger partial charge on any atom is 0.411 e. The van der Waals surface area contributed by atoms with Crippen LogP contribution in [0.25, 0.3) is 0 Å². The maximum absolute atomic E-state index is 10.9. The largest absolute Gasteiger partial charge is 0.481 e. The van der Waals surface area contributed by atoms with Crippen molar-refractivity contribution < 1.29 is 29.3 Å². The van der Waals surface area contributed by atoms with E-state index in [0.717, 1.165) is 26.8 Å². The second-order valence-electron chi connectivity index (χ2n) is 5.75. The fourth-order valence-corrected chi connectivity index (χ4v) is 1.99. The van der Waals surface area contributed by atoms with Crippen LogP contribution < -0.4 is 0 Å². The number of esters is 1. The Morgan fingerprint density at radius 2 is 1.61 bits per heavy atom. The van der Waals surface area contributed by atoms with Crippen LogP contribution in [0.4, 0.5) is 0 Å². The molecule has 2 unspecified atom stereocenters. The summed E-state index contributed by atoms with van der Waals surface area (Å²) >= 11 is 0. The Hall–Kier alpha value is -2.14. The van der Waals surface area contributed by atoms with E-state index in [0.29, 0.717) is 0 Å². The molecule has 1 heterocycles. The number of hydrogen-bond acceptors (Lipinski definition) is 6. The van der Waals surface area contributed by atoms with Gasteiger partial charge in [-0.2, -0.15) is 5.26 Å². The van der Waals surface area contributed by atoms with E-state index in [2.05, 4.69) is 32.7 Å². The van der Waals surface area contributed by atoms with Crippen molar-refractivity contribution >= 4 is 17.9 Å². The van der Waals surface area contributed by atoms with Crippen molar-refractivity contribution in [2.24, 2.45) is 5.92 Å². The van der Waals surface area contributed by atoms with Gasteiger partial charge in [-0.05, 0) is 27.3 Å². The molecule has 0 aromatic carbocycles. The Morgan fingerprint density at radius 3 is 1.96 bits per heavy atom. The van der Waals surface area contributed by atoms with Crippen molar-refractivity contribution in [3.05, 3.63) is 0 Å². The molecule has 2 atom stereocenters. The van der Waals surface area contributed by atoms with Gasteiger partial charge in [0.25, 0.3) is 11.9 Å². The van der Waals surface area contributed by atoms with Gasteiger partial charge >= 0.3 is 5.97 Å². The van der Waals surface area contributed by atoms with Gasteiger partial charge in [0, 0.05) is 31.8 Å². The first-order chi connectivity index (χ1) is 10.4. The Kier molecular flexibility index (Phi) is 10.6. The number of hydrogen-bond donors (Lipinski definition) is 2. The highest BCUT2D eigenvalue weighted by atomic mass is 16.5. The quantitative estimate of drug-likeness (QED) is 0.544. The van der Waals surface area contributed by atoms with Crippen LogP contribution in [-0.2, 0) is 19.1 Å². The molecule has 1 saturated heterocycles. The molecule has 23 heavy (non-hydrogen) atoms. The number of rotatable bonds is 1. The van der Waals surface area contributed by atoms with Crippen molar-refractivity contribution in [2.75, 3.05) is 13.6 Å². The number of carbonyl (C=O) groups is 3. The Labute approximate surface area is 136 Å². The molecular weight excluding hydrogens is 304 g/mol. The van der Waals surface area contributed by atoms with Gasteiger partial charge in [-0.15, -0.1) is 0 Å². The standard InChI is InChI=1S/C11H18N2O2.2C2H4O2/c1-8-9(15-10(14)7-12)5-6-13(4)11(8,2)3;2*1-2(3)4/h8-9H,5-6H2,1-4H3;2*1H3,(H,3,4). The summed E-state index contributed by atoms with van der Waals surface area (Å²) in [5.74, 6) is -2.21. The number of ether oxygens (including phenoxy) is 1. The smallest absolute Gasteiger partial charge is 0.411 e. The van der Waals surface area contributed by atoms with Crippen molar-refractivity contribution in [3.8, 4) is 6.07 Å². The summed E-state index contributed by atoms with van der Waals surface area (Å²) in [6, 6.07) is 1.50. The highest BCUT2D eigenvalue weighted by Gasteiger charge is 2.41. The fourth-order valence-electron chi connectivity index (χ4n) is 1.99. The zero-order valence-corrected chi connectivity index (χ0v) is 14.5. The number of aliphatic carboxylic acids is 2. The summed E-state index contributed by atoms with van der Waals surface area (Å²) in [6.45, 7) is 9.37. The molecule has 0 aromatic rings. The molecule has 0 bridgehead atoms. The van der Waals surface area contributed by atoms with Gasteiger partial charge in [0.2, 0.25) is 0 Å². The first kappa shape index (κ1) is 23.1. The molecule has 1 fully saturated rings. The van der Waals surface area contributed by atoms with E-state index in [1.54, 1.807) is 0 Å². The van der Waals surface area contributed by atoms with E-state index >= 15 is 0 Å². The maximum atomic E-state index is 10.9. The van der Waals surface area contributed by atoms with Crippen LogP contribution in [0.1, 0.15) is 41.0 Å². The molecule has 132 valence electrons. The highest BCUT2D eigenvalue weighted by molar-refractivity contribution is 5.85. The minimum atomic E-state index is -0.833. The molecule has 8 nitrogen and oxygen atoms in total. The molecule has 0 radical (unpaired) electrons. The summed E-state index contributed by atoms with van der Waals surface area (Å²) in [7, 11) is 2.07. The molecule has 1 aliphatic rings. The van der Waals surface area contributed by atoms with Crippen LogP contribution in [0, 0.1) is 17.2 Å². The van der Waals surface area contributed by atoms with Gasteiger partial charge in [0.15, 0.2) is 6.07 Å². The summed E-state index contributed by atoms with van der Waals surface area (Å²) < 4.78 is 5.11. The van der Waals surface area contributed by atoms with Crippen molar-refractivity contribution in [1.29, 1.82) is 5.26 Å². The van der Waals surface area contributed by atoms with Crippen LogP contribution in [0.5, 0.6) is 0 Å². The zero-order chi connectivity index (χ0) is 18.8. The van der Waals surface area contributed by atoms with E-state index in [4.69, 9.17) is 29.8 Å². The van der Waals surface area contributed by atoms with Crippen molar-refractivity contribution in [2.45, 2.75) is 52.7 Å². The number of nitrogens with zero attached hydrogens (tertiary/aromatic N) is 2. The third-order valence-corrected chi connectivity index (χ3v) is 3.75. The number of nitriles is 1. The molecule has 0 spiro atoms. The van der Waals surface area contributed by atoms with Crippen LogP contribution in [-0.4, -0.2) is 58.3 Å². The molecule has 1 rings (SSSR count). The van der Waals surface area contributed by atoms with E-state index in [1.807, 2.05) is 0 Å². The normalized spacial score (nSPS) is 22.1. The minimum Gasteiger partial charge on any atom is -0.481 e. The zero-order valence-electron chi connectivity index (χ0n) is 14.5. The Morgan fingerprint density at radius 1 is 1.22 bits per heavy atom. The van der Waals surface area contributed by atoms with E-state index < -0.39 is 17.9 Å². The van der Waals surface area contributed by atoms with Gasteiger partial charge in [-0.1, -0.05) is 6.92 Å². The van der Waals surface area contributed by atoms with Crippen LogP contribution >= 0.6 is 0 Å². The summed E-state index contributed by atoms with van der Waals surface area (Å²) in [5.41, 5.74) is -0.00134. The molecule has 0 saturated carbocycles. The number of carboxylic acids is 2. The average Bonchev–Trinajstić information content (AvgIpc) is 2.38. The van der Waals surface area contributed by atoms with Gasteiger partial charge in [-0.25, -0.2) is 4.79 Å². The molecule has 0 aliphatic carbocycles. The minimum absolute atomic E-state index is 0.00134. The van der Waals surface area contributed by atoms with Crippen LogP contribution in [0.3, 0.4) is 0 Å². The van der Waals surface area contributed by atoms with Crippen molar-refractivity contribution in [1.82, 2.24) is 4.90 Å². The lowest BCUT2D eigenvalue weighted by Crippen LogP contribution is -2.56. The predicted molar refractivity (Wildman–Crippen MR) is 82.6 cm³/mol.